The monoisotopic (exact) mass is 302 g/mol. The van der Waals surface area contributed by atoms with E-state index in [0.717, 1.165) is 22.3 Å². The van der Waals surface area contributed by atoms with Gasteiger partial charge < -0.3 is 5.73 Å². The van der Waals surface area contributed by atoms with E-state index in [1.54, 1.807) is 6.07 Å². The number of rotatable bonds is 2. The van der Waals surface area contributed by atoms with Crippen molar-refractivity contribution in [1.82, 2.24) is 4.31 Å². The Balaban J connectivity index is 2.06. The van der Waals surface area contributed by atoms with Crippen LogP contribution in [0.25, 0.3) is 0 Å². The molecule has 1 aliphatic heterocycles. The minimum Gasteiger partial charge on any atom is -0.398 e. The molecule has 2 aromatic rings. The zero-order valence-corrected chi connectivity index (χ0v) is 12.9. The first-order valence-corrected chi connectivity index (χ1v) is 8.28. The van der Waals surface area contributed by atoms with Gasteiger partial charge in [-0.3, -0.25) is 0 Å². The minimum atomic E-state index is -3.58. The van der Waals surface area contributed by atoms with Crippen molar-refractivity contribution in [3.05, 3.63) is 58.7 Å². The normalized spacial score (nSPS) is 15.1. The molecule has 3 rings (SSSR count). The molecule has 21 heavy (non-hydrogen) atoms. The fourth-order valence-corrected chi connectivity index (χ4v) is 4.54. The number of benzene rings is 2. The van der Waals surface area contributed by atoms with Gasteiger partial charge in [0.1, 0.15) is 4.90 Å². The number of aryl methyl sites for hydroxylation is 1. The Kier molecular flexibility index (Phi) is 3.26. The van der Waals surface area contributed by atoms with Crippen molar-refractivity contribution in [2.75, 3.05) is 5.73 Å². The van der Waals surface area contributed by atoms with Gasteiger partial charge in [-0.2, -0.15) is 4.31 Å². The van der Waals surface area contributed by atoms with E-state index in [0.29, 0.717) is 18.8 Å². The van der Waals surface area contributed by atoms with Gasteiger partial charge in [0.2, 0.25) is 10.0 Å². The Bertz CT molecular complexity index is 788. The van der Waals surface area contributed by atoms with Gasteiger partial charge in [-0.05, 0) is 42.2 Å². The second-order valence-corrected chi connectivity index (χ2v) is 7.34. The molecule has 0 atom stereocenters. The smallest absolute Gasteiger partial charge is 0.246 e. The maximum Gasteiger partial charge on any atom is 0.246 e. The lowest BCUT2D eigenvalue weighted by Gasteiger charge is -2.19. The lowest BCUT2D eigenvalue weighted by atomic mass is 10.1. The predicted molar refractivity (Wildman–Crippen MR) is 83.2 cm³/mol. The van der Waals surface area contributed by atoms with Gasteiger partial charge in [0.05, 0.1) is 5.69 Å². The summed E-state index contributed by atoms with van der Waals surface area (Å²) in [4.78, 5) is 0.246. The number of nitrogen functional groups attached to an aromatic ring is 1. The first kappa shape index (κ1) is 14.1. The van der Waals surface area contributed by atoms with Crippen LogP contribution in [0.4, 0.5) is 5.69 Å². The molecule has 110 valence electrons. The van der Waals surface area contributed by atoms with Crippen LogP contribution in [-0.2, 0) is 23.1 Å². The number of hydrogen-bond donors (Lipinski definition) is 1. The van der Waals surface area contributed by atoms with Crippen LogP contribution < -0.4 is 5.73 Å². The first-order valence-electron chi connectivity index (χ1n) is 6.84. The summed E-state index contributed by atoms with van der Waals surface area (Å²) in [5.74, 6) is 0. The SMILES string of the molecule is Cc1ccc(N)c(S(=O)(=O)N2Cc3ccccc3C2)c1C. The standard InChI is InChI=1S/C16H18N2O2S/c1-11-7-8-15(17)16(12(11)2)21(19,20)18-9-13-5-3-4-6-14(13)10-18/h3-8H,9-10,17H2,1-2H3. The molecule has 0 fully saturated rings. The Hall–Kier alpha value is -1.85. The van der Waals surface area contributed by atoms with E-state index in [1.807, 2.05) is 44.2 Å². The molecule has 0 spiro atoms. The van der Waals surface area contributed by atoms with Gasteiger partial charge >= 0.3 is 0 Å². The summed E-state index contributed by atoms with van der Waals surface area (Å²) < 4.78 is 27.4. The average molecular weight is 302 g/mol. The van der Waals surface area contributed by atoms with Gasteiger partial charge in [0, 0.05) is 13.1 Å². The zero-order chi connectivity index (χ0) is 15.2. The topological polar surface area (TPSA) is 63.4 Å². The Labute approximate surface area is 125 Å². The first-order chi connectivity index (χ1) is 9.91. The van der Waals surface area contributed by atoms with Crippen LogP contribution in [0.1, 0.15) is 22.3 Å². The summed E-state index contributed by atoms with van der Waals surface area (Å²) in [5.41, 5.74) is 10.0. The zero-order valence-electron chi connectivity index (χ0n) is 12.1. The Morgan fingerprint density at radius 2 is 1.57 bits per heavy atom. The van der Waals surface area contributed by atoms with E-state index < -0.39 is 10.0 Å². The molecule has 0 saturated heterocycles. The second kappa shape index (κ2) is 4.86. The molecule has 0 amide bonds. The molecule has 5 heteroatoms. The number of nitrogens with zero attached hydrogens (tertiary/aromatic N) is 1. The summed E-state index contributed by atoms with van der Waals surface area (Å²) in [6, 6.07) is 11.3. The third-order valence-electron chi connectivity index (χ3n) is 4.12. The molecule has 0 aromatic heterocycles. The molecule has 0 radical (unpaired) electrons. The number of anilines is 1. The van der Waals surface area contributed by atoms with Crippen molar-refractivity contribution in [1.29, 1.82) is 0 Å². The van der Waals surface area contributed by atoms with Gasteiger partial charge in [-0.15, -0.1) is 0 Å². The molecule has 4 nitrogen and oxygen atoms in total. The summed E-state index contributed by atoms with van der Waals surface area (Å²) in [7, 11) is -3.58. The van der Waals surface area contributed by atoms with E-state index in [2.05, 4.69) is 0 Å². The average Bonchev–Trinajstić information content (AvgIpc) is 2.88. The minimum absolute atomic E-state index is 0.246. The number of hydrogen-bond acceptors (Lipinski definition) is 3. The fourth-order valence-electron chi connectivity index (χ4n) is 2.75. The van der Waals surface area contributed by atoms with Crippen molar-refractivity contribution in [2.45, 2.75) is 31.8 Å². The Morgan fingerprint density at radius 3 is 2.14 bits per heavy atom. The molecule has 0 saturated carbocycles. The summed E-state index contributed by atoms with van der Waals surface area (Å²) >= 11 is 0. The third-order valence-corrected chi connectivity index (χ3v) is 6.11. The molecular formula is C16H18N2O2S. The van der Waals surface area contributed by atoms with Crippen LogP contribution in [0.5, 0.6) is 0 Å². The molecule has 2 N–H and O–H groups in total. The largest absolute Gasteiger partial charge is 0.398 e. The van der Waals surface area contributed by atoms with Crippen molar-refractivity contribution in [3.8, 4) is 0 Å². The highest BCUT2D eigenvalue weighted by Gasteiger charge is 2.33. The lowest BCUT2D eigenvalue weighted by Crippen LogP contribution is -2.27. The second-order valence-electron chi connectivity index (χ2n) is 5.47. The van der Waals surface area contributed by atoms with Crippen molar-refractivity contribution in [2.24, 2.45) is 0 Å². The van der Waals surface area contributed by atoms with Crippen LogP contribution in [0.15, 0.2) is 41.3 Å². The maximum absolute atomic E-state index is 12.9. The van der Waals surface area contributed by atoms with Gasteiger partial charge in [0.25, 0.3) is 0 Å². The lowest BCUT2D eigenvalue weighted by molar-refractivity contribution is 0.431. The van der Waals surface area contributed by atoms with Gasteiger partial charge in [0.15, 0.2) is 0 Å². The molecule has 2 aromatic carbocycles. The van der Waals surface area contributed by atoms with Crippen LogP contribution in [0.3, 0.4) is 0 Å². The molecule has 0 aliphatic carbocycles. The van der Waals surface area contributed by atoms with Gasteiger partial charge in [-0.1, -0.05) is 30.3 Å². The number of nitrogens with two attached hydrogens (primary N) is 1. The van der Waals surface area contributed by atoms with E-state index in [9.17, 15) is 8.42 Å². The third kappa shape index (κ3) is 2.22. The van der Waals surface area contributed by atoms with Crippen LogP contribution in [-0.4, -0.2) is 12.7 Å². The molecule has 0 bridgehead atoms. The van der Waals surface area contributed by atoms with Crippen molar-refractivity contribution >= 4 is 15.7 Å². The quantitative estimate of drug-likeness (QED) is 0.867. The summed E-state index contributed by atoms with van der Waals surface area (Å²) in [6.45, 7) is 4.52. The van der Waals surface area contributed by atoms with Crippen LogP contribution in [0, 0.1) is 13.8 Å². The summed E-state index contributed by atoms with van der Waals surface area (Å²) in [5, 5.41) is 0. The number of sulfonamides is 1. The van der Waals surface area contributed by atoms with Crippen molar-refractivity contribution in [3.63, 3.8) is 0 Å². The van der Waals surface area contributed by atoms with E-state index in [4.69, 9.17) is 5.73 Å². The fraction of sp³-hybridized carbons (Fsp3) is 0.250. The van der Waals surface area contributed by atoms with Crippen LogP contribution >= 0.6 is 0 Å². The highest BCUT2D eigenvalue weighted by Crippen LogP contribution is 2.33. The predicted octanol–water partition coefficient (Wildman–Crippen LogP) is 2.59. The molecule has 1 heterocycles. The summed E-state index contributed by atoms with van der Waals surface area (Å²) in [6.07, 6.45) is 0. The van der Waals surface area contributed by atoms with Gasteiger partial charge in [-0.25, -0.2) is 8.42 Å². The Morgan fingerprint density at radius 1 is 1.00 bits per heavy atom. The van der Waals surface area contributed by atoms with E-state index in [-0.39, 0.29) is 4.90 Å². The van der Waals surface area contributed by atoms with E-state index >= 15 is 0 Å². The molecule has 0 unspecified atom stereocenters. The van der Waals surface area contributed by atoms with E-state index in [1.165, 1.54) is 4.31 Å². The molecular weight excluding hydrogens is 284 g/mol. The number of fused-ring (bicyclic) bond motifs is 1. The van der Waals surface area contributed by atoms with Crippen LogP contribution in [0.2, 0.25) is 0 Å². The maximum atomic E-state index is 12.9. The molecule has 1 aliphatic rings. The van der Waals surface area contributed by atoms with Crippen molar-refractivity contribution < 1.29 is 8.42 Å². The highest BCUT2D eigenvalue weighted by atomic mass is 32.2. The highest BCUT2D eigenvalue weighted by molar-refractivity contribution is 7.89.